The fourth-order valence-corrected chi connectivity index (χ4v) is 12.0. The van der Waals surface area contributed by atoms with Crippen molar-refractivity contribution in [3.05, 3.63) is 115 Å². The number of hydrogen-bond acceptors (Lipinski definition) is 1. The third kappa shape index (κ3) is 6.77. The summed E-state index contributed by atoms with van der Waals surface area (Å²) < 4.78 is 6.57. The van der Waals surface area contributed by atoms with Crippen LogP contribution in [0.15, 0.2) is 115 Å². The Morgan fingerprint density at radius 2 is 1.19 bits per heavy atom. The molecule has 0 aromatic heterocycles. The van der Waals surface area contributed by atoms with Gasteiger partial charge in [-0.05, 0) is 66.1 Å². The summed E-state index contributed by atoms with van der Waals surface area (Å²) in [4.78, 5) is 0. The molecule has 0 heterocycles. The predicted molar refractivity (Wildman–Crippen MR) is 164 cm³/mol. The molecule has 1 unspecified atom stereocenters. The van der Waals surface area contributed by atoms with Gasteiger partial charge in [0.05, 0.1) is 5.76 Å². The van der Waals surface area contributed by atoms with Crippen molar-refractivity contribution in [2.45, 2.75) is 65.2 Å². The first-order chi connectivity index (χ1) is 17.1. The number of rotatable bonds is 11. The van der Waals surface area contributed by atoms with E-state index in [2.05, 4.69) is 150 Å². The highest BCUT2D eigenvalue weighted by Gasteiger charge is 2.45. The molecule has 0 amide bonds. The molecule has 0 saturated heterocycles. The van der Waals surface area contributed by atoms with Crippen LogP contribution in [0.3, 0.4) is 0 Å². The van der Waals surface area contributed by atoms with E-state index in [4.69, 9.17) is 4.43 Å². The van der Waals surface area contributed by atoms with E-state index >= 15 is 0 Å². The minimum atomic E-state index is -2.37. The molecule has 0 aliphatic rings. The summed E-state index contributed by atoms with van der Waals surface area (Å²) in [6.45, 7) is 17.8. The largest absolute Gasteiger partial charge is 0.547 e. The molecule has 3 aromatic rings. The van der Waals surface area contributed by atoms with E-state index in [1.54, 1.807) is 0 Å². The van der Waals surface area contributed by atoms with Gasteiger partial charge in [-0.3, -0.25) is 0 Å². The van der Waals surface area contributed by atoms with Crippen LogP contribution in [0.4, 0.5) is 0 Å². The second-order valence-corrected chi connectivity index (χ2v) is 20.3. The fraction of sp³-hybridized carbons (Fsp3) is 0.333. The van der Waals surface area contributed by atoms with Crippen molar-refractivity contribution in [2.24, 2.45) is 5.41 Å². The van der Waals surface area contributed by atoms with Crippen LogP contribution < -0.4 is 15.6 Å². The molecule has 3 aromatic carbocycles. The molecular weight excluding hydrogens is 469 g/mol. The van der Waals surface area contributed by atoms with Gasteiger partial charge in [-0.1, -0.05) is 118 Å². The van der Waals surface area contributed by atoms with E-state index in [9.17, 15) is 0 Å². The maximum Gasteiger partial charge on any atom is 0.241 e. The maximum atomic E-state index is 6.57. The monoisotopic (exact) mass is 512 g/mol. The Labute approximate surface area is 222 Å². The number of hydrogen-bond donors (Lipinski definition) is 0. The number of benzene rings is 3. The number of allylic oxidation sites excluding steroid dienone is 3. The van der Waals surface area contributed by atoms with Crippen LogP contribution in [0.2, 0.25) is 25.2 Å². The smallest absolute Gasteiger partial charge is 0.241 e. The Kier molecular flexibility index (Phi) is 9.37. The van der Waals surface area contributed by atoms with Crippen LogP contribution in [-0.4, -0.2) is 16.4 Å². The van der Waals surface area contributed by atoms with Gasteiger partial charge in [-0.25, -0.2) is 0 Å². The molecule has 1 nitrogen and oxygen atoms in total. The normalized spacial score (nSPS) is 13.8. The molecule has 190 valence electrons. The first-order valence-electron chi connectivity index (χ1n) is 13.3. The minimum Gasteiger partial charge on any atom is -0.547 e. The third-order valence-electron chi connectivity index (χ3n) is 6.75. The van der Waals surface area contributed by atoms with Crippen LogP contribution >= 0.6 is 0 Å². The van der Waals surface area contributed by atoms with Gasteiger partial charge in [0.15, 0.2) is 8.07 Å². The Hall–Kier alpha value is -2.63. The van der Waals surface area contributed by atoms with Crippen LogP contribution in [0.5, 0.6) is 0 Å². The Balaban J connectivity index is 2.16. The van der Waals surface area contributed by atoms with Gasteiger partial charge in [-0.15, -0.1) is 6.58 Å². The lowest BCUT2D eigenvalue weighted by Crippen LogP contribution is -2.69. The molecule has 0 aliphatic heterocycles. The van der Waals surface area contributed by atoms with Gasteiger partial charge in [0, 0.05) is 5.41 Å². The second kappa shape index (κ2) is 12.1. The zero-order valence-electron chi connectivity index (χ0n) is 23.1. The van der Waals surface area contributed by atoms with Crippen LogP contribution in [0, 0.1) is 5.41 Å². The minimum absolute atomic E-state index is 0.00101. The van der Waals surface area contributed by atoms with Crippen molar-refractivity contribution in [3.8, 4) is 0 Å². The van der Waals surface area contributed by atoms with E-state index in [-0.39, 0.29) is 5.41 Å². The van der Waals surface area contributed by atoms with Crippen LogP contribution in [-0.2, 0) is 4.43 Å². The summed E-state index contributed by atoms with van der Waals surface area (Å²) in [5.74, 6) is 1.14. The molecule has 0 fully saturated rings. The van der Waals surface area contributed by atoms with Gasteiger partial charge >= 0.3 is 0 Å². The maximum absolute atomic E-state index is 6.57. The molecule has 3 rings (SSSR count). The first-order valence-corrected chi connectivity index (χ1v) is 18.7. The molecular formula is C33H44OSi2. The summed E-state index contributed by atoms with van der Waals surface area (Å²) >= 11 is 0. The molecule has 0 N–H and O–H groups in total. The fourth-order valence-electron chi connectivity index (χ4n) is 5.27. The highest BCUT2D eigenvalue weighted by atomic mass is 28.4. The van der Waals surface area contributed by atoms with E-state index in [0.717, 1.165) is 25.0 Å². The van der Waals surface area contributed by atoms with Gasteiger partial charge in [0.2, 0.25) is 8.32 Å². The molecule has 0 aliphatic carbocycles. The highest BCUT2D eigenvalue weighted by molar-refractivity contribution is 7.12. The zero-order chi connectivity index (χ0) is 26.2. The van der Waals surface area contributed by atoms with Crippen LogP contribution in [0.25, 0.3) is 0 Å². The zero-order valence-corrected chi connectivity index (χ0v) is 25.1. The molecule has 1 atom stereocenters. The van der Waals surface area contributed by atoms with Crippen LogP contribution in [0.1, 0.15) is 40.0 Å². The average Bonchev–Trinajstić information content (AvgIpc) is 2.84. The topological polar surface area (TPSA) is 9.23 Å². The second-order valence-electron chi connectivity index (χ2n) is 11.7. The summed E-state index contributed by atoms with van der Waals surface area (Å²) in [6.07, 6.45) is 7.59. The molecule has 0 radical (unpaired) electrons. The van der Waals surface area contributed by atoms with Crippen molar-refractivity contribution in [1.82, 2.24) is 0 Å². The van der Waals surface area contributed by atoms with E-state index in [1.807, 2.05) is 0 Å². The standard InChI is InChI=1S/C33H44OSi2/c1-8-19-28(26-18-27-32(33(2,3)4)34-35(5,6)7)36(29-20-12-9-13-21-29,30-22-14-10-15-23-30)31-24-16-11-17-25-31/h8-17,20-25,27-28H,1,18-19,26H2,2-7H3/b32-27-. The third-order valence-corrected chi connectivity index (χ3v) is 13.1. The van der Waals surface area contributed by atoms with Crippen molar-refractivity contribution in [1.29, 1.82) is 0 Å². The predicted octanol–water partition coefficient (Wildman–Crippen LogP) is 7.66. The Morgan fingerprint density at radius 3 is 1.53 bits per heavy atom. The summed E-state index contributed by atoms with van der Waals surface area (Å²) in [5, 5.41) is 4.40. The van der Waals surface area contributed by atoms with E-state index < -0.39 is 16.4 Å². The molecule has 3 heteroatoms. The molecule has 0 spiro atoms. The van der Waals surface area contributed by atoms with Crippen molar-refractivity contribution < 1.29 is 4.43 Å². The van der Waals surface area contributed by atoms with Crippen molar-refractivity contribution in [3.63, 3.8) is 0 Å². The van der Waals surface area contributed by atoms with Gasteiger partial charge in [0.25, 0.3) is 0 Å². The summed E-state index contributed by atoms with van der Waals surface area (Å²) in [5.41, 5.74) is 0.465. The Bertz CT molecular complexity index is 1010. The molecule has 0 bridgehead atoms. The summed E-state index contributed by atoms with van der Waals surface area (Å²) in [7, 11) is -4.06. The van der Waals surface area contributed by atoms with Crippen molar-refractivity contribution in [2.75, 3.05) is 0 Å². The average molecular weight is 513 g/mol. The van der Waals surface area contributed by atoms with Gasteiger partial charge < -0.3 is 4.43 Å². The Morgan fingerprint density at radius 1 is 0.778 bits per heavy atom. The lowest BCUT2D eigenvalue weighted by molar-refractivity contribution is 0.286. The molecule has 36 heavy (non-hydrogen) atoms. The SMILES string of the molecule is C=CCC(CC/C=C(\O[Si](C)(C)C)C(C)(C)C)[Si](c1ccccc1)(c1ccccc1)c1ccccc1. The quantitative estimate of drug-likeness (QED) is 0.111. The molecule has 0 saturated carbocycles. The van der Waals surface area contributed by atoms with Crippen molar-refractivity contribution >= 4 is 32.0 Å². The van der Waals surface area contributed by atoms with E-state index in [1.165, 1.54) is 15.6 Å². The summed E-state index contributed by atoms with van der Waals surface area (Å²) in [6, 6.07) is 33.7. The van der Waals surface area contributed by atoms with Gasteiger partial charge in [0.1, 0.15) is 0 Å². The first kappa shape index (κ1) is 28.0. The lowest BCUT2D eigenvalue weighted by Gasteiger charge is -2.41. The lowest BCUT2D eigenvalue weighted by atomic mass is 9.93. The highest BCUT2D eigenvalue weighted by Crippen LogP contribution is 2.34. The van der Waals surface area contributed by atoms with E-state index in [0.29, 0.717) is 5.54 Å². The van der Waals surface area contributed by atoms with Gasteiger partial charge in [-0.2, -0.15) is 0 Å².